The second kappa shape index (κ2) is 6.89. The zero-order valence-corrected chi connectivity index (χ0v) is 13.1. The van der Waals surface area contributed by atoms with Crippen LogP contribution in [0.5, 0.6) is 0 Å². The summed E-state index contributed by atoms with van der Waals surface area (Å²) in [6.07, 6.45) is 5.21. The third-order valence-corrected chi connectivity index (χ3v) is 4.01. The lowest BCUT2D eigenvalue weighted by Gasteiger charge is -2.12. The highest BCUT2D eigenvalue weighted by Gasteiger charge is 2.30. The summed E-state index contributed by atoms with van der Waals surface area (Å²) >= 11 is 0. The van der Waals surface area contributed by atoms with E-state index in [4.69, 9.17) is 0 Å². The molecule has 1 fully saturated rings. The number of nitrogens with zero attached hydrogens (tertiary/aromatic N) is 4. The summed E-state index contributed by atoms with van der Waals surface area (Å²) in [7, 11) is 1.95. The molecule has 3 rings (SSSR count). The molecule has 1 aliphatic rings. The molecule has 3 heterocycles. The number of hydrogen-bond donors (Lipinski definition) is 2. The first-order valence-corrected chi connectivity index (χ1v) is 7.69. The Hall–Kier alpha value is -2.25. The summed E-state index contributed by atoms with van der Waals surface area (Å²) in [6, 6.07) is 5.63. The van der Waals surface area contributed by atoms with E-state index in [2.05, 4.69) is 15.4 Å². The fraction of sp³-hybridized carbons (Fsp3) is 0.438. The molecule has 7 heteroatoms. The Bertz CT molecular complexity index is 658. The molecule has 0 aromatic carbocycles. The maximum Gasteiger partial charge on any atom is 0.225 e. The van der Waals surface area contributed by atoms with Crippen molar-refractivity contribution in [3.8, 4) is 0 Å². The molecular weight excluding hydrogens is 294 g/mol. The van der Waals surface area contributed by atoms with Crippen LogP contribution in [0.3, 0.4) is 0 Å². The van der Waals surface area contributed by atoms with E-state index < -0.39 is 6.10 Å². The Morgan fingerprint density at radius 3 is 3.00 bits per heavy atom. The predicted molar refractivity (Wildman–Crippen MR) is 85.8 cm³/mol. The number of aliphatic hydroxyl groups is 1. The Morgan fingerprint density at radius 2 is 2.30 bits per heavy atom. The van der Waals surface area contributed by atoms with E-state index in [1.165, 1.54) is 0 Å². The SMILES string of the molecule is CN1C[C@@H](CC(=O)Nc2ccn(Cc3cccnc3)n2)[C@H](O)C1. The lowest BCUT2D eigenvalue weighted by atomic mass is 10.0. The van der Waals surface area contributed by atoms with Crippen LogP contribution in [0.1, 0.15) is 12.0 Å². The van der Waals surface area contributed by atoms with Crippen LogP contribution in [0.25, 0.3) is 0 Å². The number of amides is 1. The van der Waals surface area contributed by atoms with Gasteiger partial charge in [-0.15, -0.1) is 0 Å². The number of aromatic nitrogens is 3. The first kappa shape index (κ1) is 15.6. The summed E-state index contributed by atoms with van der Waals surface area (Å²) in [5.74, 6) is 0.396. The van der Waals surface area contributed by atoms with Gasteiger partial charge < -0.3 is 15.3 Å². The van der Waals surface area contributed by atoms with E-state index in [0.717, 1.165) is 12.1 Å². The Balaban J connectivity index is 1.53. The van der Waals surface area contributed by atoms with E-state index in [9.17, 15) is 9.90 Å². The van der Waals surface area contributed by atoms with Crippen LogP contribution in [-0.4, -0.2) is 56.9 Å². The molecular formula is C16H21N5O2. The van der Waals surface area contributed by atoms with Gasteiger partial charge in [0.15, 0.2) is 5.82 Å². The molecule has 0 bridgehead atoms. The number of aliphatic hydroxyl groups excluding tert-OH is 1. The van der Waals surface area contributed by atoms with Crippen molar-refractivity contribution in [1.82, 2.24) is 19.7 Å². The average molecular weight is 315 g/mol. The largest absolute Gasteiger partial charge is 0.391 e. The molecule has 0 radical (unpaired) electrons. The summed E-state index contributed by atoms with van der Waals surface area (Å²) in [6.45, 7) is 1.97. The van der Waals surface area contributed by atoms with Gasteiger partial charge in [-0.05, 0) is 18.7 Å². The van der Waals surface area contributed by atoms with Crippen molar-refractivity contribution in [1.29, 1.82) is 0 Å². The summed E-state index contributed by atoms with van der Waals surface area (Å²) in [5.41, 5.74) is 1.05. The van der Waals surface area contributed by atoms with Gasteiger partial charge in [0.1, 0.15) is 0 Å². The van der Waals surface area contributed by atoms with Crippen molar-refractivity contribution in [3.05, 3.63) is 42.4 Å². The highest BCUT2D eigenvalue weighted by molar-refractivity contribution is 5.89. The minimum absolute atomic E-state index is 0.0162. The molecule has 122 valence electrons. The molecule has 0 aliphatic carbocycles. The van der Waals surface area contributed by atoms with Gasteiger partial charge in [-0.25, -0.2) is 0 Å². The van der Waals surface area contributed by atoms with Crippen molar-refractivity contribution in [2.24, 2.45) is 5.92 Å². The highest BCUT2D eigenvalue weighted by atomic mass is 16.3. The van der Waals surface area contributed by atoms with E-state index in [1.54, 1.807) is 23.1 Å². The number of carbonyl (C=O) groups excluding carboxylic acids is 1. The Labute approximate surface area is 134 Å². The van der Waals surface area contributed by atoms with Crippen LogP contribution in [0.15, 0.2) is 36.8 Å². The highest BCUT2D eigenvalue weighted by Crippen LogP contribution is 2.19. The van der Waals surface area contributed by atoms with Crippen molar-refractivity contribution in [2.75, 3.05) is 25.5 Å². The number of likely N-dealkylation sites (N-methyl/N-ethyl adjacent to an activating group) is 1. The molecule has 2 atom stereocenters. The topological polar surface area (TPSA) is 83.3 Å². The summed E-state index contributed by atoms with van der Waals surface area (Å²) < 4.78 is 1.75. The van der Waals surface area contributed by atoms with Crippen molar-refractivity contribution in [3.63, 3.8) is 0 Å². The number of carbonyl (C=O) groups is 1. The fourth-order valence-electron chi connectivity index (χ4n) is 2.89. The normalized spacial score (nSPS) is 21.5. The van der Waals surface area contributed by atoms with E-state index in [-0.39, 0.29) is 11.8 Å². The zero-order valence-electron chi connectivity index (χ0n) is 13.1. The van der Waals surface area contributed by atoms with Gasteiger partial charge in [0.2, 0.25) is 5.91 Å². The number of nitrogens with one attached hydrogen (secondary N) is 1. The van der Waals surface area contributed by atoms with Gasteiger partial charge in [-0.2, -0.15) is 5.10 Å². The maximum absolute atomic E-state index is 12.1. The first-order chi connectivity index (χ1) is 11.1. The van der Waals surface area contributed by atoms with Crippen LogP contribution < -0.4 is 5.32 Å². The van der Waals surface area contributed by atoms with Gasteiger partial charge in [0.25, 0.3) is 0 Å². The number of pyridine rings is 1. The van der Waals surface area contributed by atoms with Gasteiger partial charge in [0, 0.05) is 50.1 Å². The first-order valence-electron chi connectivity index (χ1n) is 7.69. The smallest absolute Gasteiger partial charge is 0.225 e. The van der Waals surface area contributed by atoms with E-state index in [1.807, 2.05) is 30.3 Å². The Morgan fingerprint density at radius 1 is 1.43 bits per heavy atom. The Kier molecular flexibility index (Phi) is 4.68. The number of rotatable bonds is 5. The van der Waals surface area contributed by atoms with Crippen LogP contribution >= 0.6 is 0 Å². The third-order valence-electron chi connectivity index (χ3n) is 4.01. The fourth-order valence-corrected chi connectivity index (χ4v) is 2.89. The summed E-state index contributed by atoms with van der Waals surface area (Å²) in [4.78, 5) is 18.2. The number of β-amino-alcohol motifs (C(OH)–C–C–N with tert-alkyl or cyclic N) is 1. The molecule has 23 heavy (non-hydrogen) atoms. The quantitative estimate of drug-likeness (QED) is 0.843. The minimum atomic E-state index is -0.436. The maximum atomic E-state index is 12.1. The van der Waals surface area contributed by atoms with E-state index in [0.29, 0.717) is 25.3 Å². The third kappa shape index (κ3) is 4.14. The van der Waals surface area contributed by atoms with Crippen molar-refractivity contribution < 1.29 is 9.90 Å². The average Bonchev–Trinajstić information content (AvgIpc) is 3.06. The minimum Gasteiger partial charge on any atom is -0.391 e. The summed E-state index contributed by atoms with van der Waals surface area (Å²) in [5, 5.41) is 17.0. The molecule has 1 aliphatic heterocycles. The van der Waals surface area contributed by atoms with Crippen molar-refractivity contribution in [2.45, 2.75) is 19.1 Å². The molecule has 2 aromatic rings. The lowest BCUT2D eigenvalue weighted by Crippen LogP contribution is -2.24. The van der Waals surface area contributed by atoms with Crippen LogP contribution in [0, 0.1) is 5.92 Å². The van der Waals surface area contributed by atoms with Gasteiger partial charge in [-0.1, -0.05) is 6.07 Å². The van der Waals surface area contributed by atoms with Crippen LogP contribution in [0.2, 0.25) is 0 Å². The monoisotopic (exact) mass is 315 g/mol. The molecule has 2 N–H and O–H groups in total. The second-order valence-electron chi connectivity index (χ2n) is 6.06. The predicted octanol–water partition coefficient (Wildman–Crippen LogP) is 0.577. The molecule has 0 saturated carbocycles. The molecule has 1 amide bonds. The number of likely N-dealkylation sites (tertiary alicyclic amines) is 1. The standard InChI is InChI=1S/C16H21N5O2/c1-20-10-13(14(22)11-20)7-16(23)18-15-4-6-21(19-15)9-12-3-2-5-17-8-12/h2-6,8,13-14,22H,7,9-11H2,1H3,(H,18,19,23)/t13-,14-/m1/s1. The second-order valence-corrected chi connectivity index (χ2v) is 6.06. The van der Waals surface area contributed by atoms with Gasteiger partial charge >= 0.3 is 0 Å². The van der Waals surface area contributed by atoms with E-state index >= 15 is 0 Å². The number of hydrogen-bond acceptors (Lipinski definition) is 5. The lowest BCUT2D eigenvalue weighted by molar-refractivity contribution is -0.117. The van der Waals surface area contributed by atoms with Crippen LogP contribution in [-0.2, 0) is 11.3 Å². The van der Waals surface area contributed by atoms with Gasteiger partial charge in [0.05, 0.1) is 12.6 Å². The number of anilines is 1. The molecule has 1 saturated heterocycles. The molecule has 2 aromatic heterocycles. The van der Waals surface area contributed by atoms with Crippen LogP contribution in [0.4, 0.5) is 5.82 Å². The molecule has 0 spiro atoms. The zero-order chi connectivity index (χ0) is 16.2. The molecule has 0 unspecified atom stereocenters. The molecule has 7 nitrogen and oxygen atoms in total. The van der Waals surface area contributed by atoms with Gasteiger partial charge in [-0.3, -0.25) is 14.5 Å². The van der Waals surface area contributed by atoms with Crippen molar-refractivity contribution >= 4 is 11.7 Å².